The van der Waals surface area contributed by atoms with Crippen molar-refractivity contribution in [2.45, 2.75) is 19.4 Å². The topological polar surface area (TPSA) is 97.8 Å². The van der Waals surface area contributed by atoms with Crippen LogP contribution >= 0.6 is 0 Å². The second kappa shape index (κ2) is 8.50. The molecular weight excluding hydrogens is 376 g/mol. The van der Waals surface area contributed by atoms with Crippen molar-refractivity contribution in [2.24, 2.45) is 0 Å². The van der Waals surface area contributed by atoms with Crippen molar-refractivity contribution in [3.8, 4) is 17.4 Å². The summed E-state index contributed by atoms with van der Waals surface area (Å²) in [6.07, 6.45) is 3.00. The second-order valence-corrected chi connectivity index (χ2v) is 7.02. The minimum atomic E-state index is -0.189. The summed E-state index contributed by atoms with van der Waals surface area (Å²) in [5, 5.41) is 8.89. The van der Waals surface area contributed by atoms with Crippen LogP contribution in [0.2, 0.25) is 0 Å². The Bertz CT molecular complexity index is 1250. The Morgan fingerprint density at radius 1 is 1.00 bits per heavy atom. The molecule has 2 heterocycles. The molecule has 0 unspecified atom stereocenters. The smallest absolute Gasteiger partial charge is 0.255 e. The average Bonchev–Trinajstić information content (AvgIpc) is 3.30. The maximum absolute atomic E-state index is 12.6. The van der Waals surface area contributed by atoms with Gasteiger partial charge in [-0.1, -0.05) is 30.3 Å². The zero-order valence-corrected chi connectivity index (χ0v) is 16.3. The van der Waals surface area contributed by atoms with Gasteiger partial charge in [-0.2, -0.15) is 5.26 Å². The van der Waals surface area contributed by atoms with Crippen molar-refractivity contribution in [3.05, 3.63) is 106 Å². The van der Waals surface area contributed by atoms with Crippen molar-refractivity contribution in [1.29, 1.82) is 5.26 Å². The number of furan rings is 1. The summed E-state index contributed by atoms with van der Waals surface area (Å²) in [6.45, 7) is 0.314. The molecule has 0 aliphatic carbocycles. The molecule has 0 radical (unpaired) electrons. The molecule has 2 aromatic heterocycles. The predicted molar refractivity (Wildman–Crippen MR) is 115 cm³/mol. The molecule has 4 rings (SSSR count). The maximum atomic E-state index is 12.6. The second-order valence-electron chi connectivity index (χ2n) is 7.02. The van der Waals surface area contributed by atoms with E-state index in [2.05, 4.69) is 17.1 Å². The van der Waals surface area contributed by atoms with Gasteiger partial charge in [-0.15, -0.1) is 0 Å². The lowest BCUT2D eigenvalue weighted by Gasteiger charge is -2.11. The third-order valence-electron chi connectivity index (χ3n) is 4.92. The Morgan fingerprint density at radius 3 is 2.53 bits per heavy atom. The van der Waals surface area contributed by atoms with Gasteiger partial charge < -0.3 is 10.2 Å². The molecule has 6 heteroatoms. The van der Waals surface area contributed by atoms with Crippen molar-refractivity contribution >= 4 is 5.95 Å². The zero-order valence-electron chi connectivity index (χ0n) is 16.3. The van der Waals surface area contributed by atoms with E-state index >= 15 is 0 Å². The van der Waals surface area contributed by atoms with Gasteiger partial charge in [-0.05, 0) is 54.3 Å². The van der Waals surface area contributed by atoms with Crippen LogP contribution in [-0.2, 0) is 19.4 Å². The molecule has 6 nitrogen and oxygen atoms in total. The van der Waals surface area contributed by atoms with E-state index < -0.39 is 0 Å². The summed E-state index contributed by atoms with van der Waals surface area (Å²) in [5.41, 5.74) is 10.1. The van der Waals surface area contributed by atoms with E-state index in [9.17, 15) is 4.79 Å². The Labute approximate surface area is 173 Å². The monoisotopic (exact) mass is 396 g/mol. The number of nitriles is 1. The SMILES string of the molecule is N#Cc1ccc(Cn2c(N)nc(CCc3cccc(-c4ccco4)c3)cc2=O)cc1. The predicted octanol–water partition coefficient (Wildman–Crippen LogP) is 3.79. The summed E-state index contributed by atoms with van der Waals surface area (Å²) in [7, 11) is 0. The number of rotatable bonds is 6. The Kier molecular flexibility index (Phi) is 5.44. The van der Waals surface area contributed by atoms with E-state index in [-0.39, 0.29) is 11.5 Å². The van der Waals surface area contributed by atoms with Gasteiger partial charge in [0.15, 0.2) is 0 Å². The Hall–Kier alpha value is -4.11. The largest absolute Gasteiger partial charge is 0.464 e. The number of nitrogens with two attached hydrogens (primary N) is 1. The van der Waals surface area contributed by atoms with Crippen molar-refractivity contribution in [2.75, 3.05) is 5.73 Å². The molecule has 2 N–H and O–H groups in total. The van der Waals surface area contributed by atoms with Crippen molar-refractivity contribution < 1.29 is 4.42 Å². The minimum absolute atomic E-state index is 0.186. The number of benzene rings is 2. The number of nitrogens with zero attached hydrogens (tertiary/aromatic N) is 3. The average molecular weight is 396 g/mol. The molecular formula is C24H20N4O2. The highest BCUT2D eigenvalue weighted by atomic mass is 16.3. The molecule has 148 valence electrons. The quantitative estimate of drug-likeness (QED) is 0.535. The number of anilines is 1. The molecule has 0 spiro atoms. The van der Waals surface area contributed by atoms with E-state index in [4.69, 9.17) is 15.4 Å². The number of nitrogen functional groups attached to an aromatic ring is 1. The summed E-state index contributed by atoms with van der Waals surface area (Å²) in [4.78, 5) is 17.0. The fraction of sp³-hybridized carbons (Fsp3) is 0.125. The third-order valence-corrected chi connectivity index (χ3v) is 4.92. The molecule has 0 saturated carbocycles. The first kappa shape index (κ1) is 19.2. The summed E-state index contributed by atoms with van der Waals surface area (Å²) < 4.78 is 6.89. The van der Waals surface area contributed by atoms with Gasteiger partial charge in [0.25, 0.3) is 5.56 Å². The van der Waals surface area contributed by atoms with Crippen LogP contribution < -0.4 is 11.3 Å². The van der Waals surface area contributed by atoms with E-state index in [1.54, 1.807) is 18.4 Å². The fourth-order valence-electron chi connectivity index (χ4n) is 3.32. The van der Waals surface area contributed by atoms with Crippen molar-refractivity contribution in [1.82, 2.24) is 9.55 Å². The maximum Gasteiger partial charge on any atom is 0.255 e. The molecule has 0 atom stereocenters. The van der Waals surface area contributed by atoms with E-state index in [0.29, 0.717) is 24.2 Å². The van der Waals surface area contributed by atoms with E-state index in [1.807, 2.05) is 42.5 Å². The highest BCUT2D eigenvalue weighted by Crippen LogP contribution is 2.21. The summed E-state index contributed by atoms with van der Waals surface area (Å²) in [5.74, 6) is 1.01. The molecule has 0 bridgehead atoms. The van der Waals surface area contributed by atoms with Crippen molar-refractivity contribution in [3.63, 3.8) is 0 Å². The van der Waals surface area contributed by atoms with Crippen LogP contribution in [0, 0.1) is 11.3 Å². The van der Waals surface area contributed by atoms with Gasteiger partial charge in [-0.3, -0.25) is 9.36 Å². The first-order valence-corrected chi connectivity index (χ1v) is 9.60. The molecule has 0 saturated heterocycles. The molecule has 0 aliphatic rings. The summed E-state index contributed by atoms with van der Waals surface area (Å²) in [6, 6.07) is 22.6. The van der Waals surface area contributed by atoms with Crippen LogP contribution in [0.25, 0.3) is 11.3 Å². The zero-order chi connectivity index (χ0) is 20.9. The third kappa shape index (κ3) is 4.31. The first-order valence-electron chi connectivity index (χ1n) is 9.60. The Balaban J connectivity index is 1.47. The lowest BCUT2D eigenvalue weighted by Crippen LogP contribution is -2.25. The van der Waals surface area contributed by atoms with Crippen LogP contribution in [0.4, 0.5) is 5.95 Å². The van der Waals surface area contributed by atoms with Crippen LogP contribution in [-0.4, -0.2) is 9.55 Å². The molecule has 0 aliphatic heterocycles. The number of aryl methyl sites for hydroxylation is 2. The van der Waals surface area contributed by atoms with Gasteiger partial charge in [0, 0.05) is 11.6 Å². The van der Waals surface area contributed by atoms with Gasteiger partial charge in [0.1, 0.15) is 5.76 Å². The molecule has 30 heavy (non-hydrogen) atoms. The number of aromatic nitrogens is 2. The number of hydrogen-bond donors (Lipinski definition) is 1. The molecule has 0 amide bonds. The van der Waals surface area contributed by atoms with Crippen LogP contribution in [0.3, 0.4) is 0 Å². The molecule has 4 aromatic rings. The normalized spacial score (nSPS) is 10.6. The lowest BCUT2D eigenvalue weighted by atomic mass is 10.0. The first-order chi connectivity index (χ1) is 14.6. The highest BCUT2D eigenvalue weighted by molar-refractivity contribution is 5.58. The lowest BCUT2D eigenvalue weighted by molar-refractivity contribution is 0.582. The number of hydrogen-bond acceptors (Lipinski definition) is 5. The minimum Gasteiger partial charge on any atom is -0.464 e. The molecule has 2 aromatic carbocycles. The fourth-order valence-corrected chi connectivity index (χ4v) is 3.32. The van der Waals surface area contributed by atoms with Gasteiger partial charge in [0.05, 0.1) is 30.1 Å². The van der Waals surface area contributed by atoms with E-state index in [1.165, 1.54) is 10.6 Å². The van der Waals surface area contributed by atoms with Gasteiger partial charge in [0.2, 0.25) is 5.95 Å². The van der Waals surface area contributed by atoms with Crippen LogP contribution in [0.5, 0.6) is 0 Å². The Morgan fingerprint density at radius 2 is 1.83 bits per heavy atom. The highest BCUT2D eigenvalue weighted by Gasteiger charge is 2.08. The summed E-state index contributed by atoms with van der Waals surface area (Å²) >= 11 is 0. The van der Waals surface area contributed by atoms with Crippen LogP contribution in [0.1, 0.15) is 22.4 Å². The molecule has 0 fully saturated rings. The van der Waals surface area contributed by atoms with Crippen LogP contribution in [0.15, 0.2) is 82.2 Å². The van der Waals surface area contributed by atoms with Gasteiger partial charge in [-0.25, -0.2) is 4.98 Å². The van der Waals surface area contributed by atoms with Gasteiger partial charge >= 0.3 is 0 Å². The standard InChI is InChI=1S/C24H20N4O2/c25-15-18-6-8-19(9-7-18)16-28-23(29)14-21(27-24(28)26)11-10-17-3-1-4-20(13-17)22-5-2-12-30-22/h1-9,12-14H,10-11,16H2,(H2,26,27). The van der Waals surface area contributed by atoms with E-state index in [0.717, 1.165) is 28.9 Å².